The maximum atomic E-state index is 14.8. The summed E-state index contributed by atoms with van der Waals surface area (Å²) in [7, 11) is 0. The second-order valence-corrected chi connectivity index (χ2v) is 10.5. The number of aromatic nitrogens is 2. The number of nitrogens with one attached hydrogen (secondary N) is 2. The molecule has 16 heteroatoms. The Bertz CT molecular complexity index is 1440. The molecule has 4 amide bonds. The third kappa shape index (κ3) is 7.02. The predicted octanol–water partition coefficient (Wildman–Crippen LogP) is 0.895. The smallest absolute Gasteiger partial charge is 0.415 e. The van der Waals surface area contributed by atoms with Gasteiger partial charge in [-0.25, -0.2) is 19.2 Å². The Labute approximate surface area is 250 Å². The average Bonchev–Trinajstić information content (AvgIpc) is 3.68. The highest BCUT2D eigenvalue weighted by atomic mass is 19.1. The molecule has 6 rings (SSSR count). The highest BCUT2D eigenvalue weighted by Crippen LogP contribution is 2.32. The number of hydrogen-bond donors (Lipinski definition) is 3. The number of carboxylic acid groups (broad SMARTS) is 1. The average molecular weight is 615 g/mol. The van der Waals surface area contributed by atoms with Crippen molar-refractivity contribution in [2.24, 2.45) is 5.92 Å². The topological polar surface area (TPSA) is 190 Å². The summed E-state index contributed by atoms with van der Waals surface area (Å²) in [5.41, 5.74) is 1.58. The first-order valence-electron chi connectivity index (χ1n) is 14.1. The van der Waals surface area contributed by atoms with E-state index in [0.717, 1.165) is 5.56 Å². The van der Waals surface area contributed by atoms with Crippen LogP contribution >= 0.6 is 0 Å². The first kappa shape index (κ1) is 30.6. The molecule has 0 bridgehead atoms. The number of imide groups is 1. The molecule has 4 heterocycles. The largest absolute Gasteiger partial charge is 0.492 e. The van der Waals surface area contributed by atoms with Crippen LogP contribution in [0.4, 0.5) is 20.8 Å². The molecule has 0 saturated carbocycles. The number of ether oxygens (including phenoxy) is 3. The Hall–Kier alpha value is -4.86. The van der Waals surface area contributed by atoms with Gasteiger partial charge in [0.05, 0.1) is 19.3 Å². The fraction of sp³-hybridized carbons (Fsp3) is 0.464. The van der Waals surface area contributed by atoms with Crippen molar-refractivity contribution >= 4 is 41.9 Å². The molecule has 2 saturated heterocycles. The number of rotatable bonds is 10. The van der Waals surface area contributed by atoms with Gasteiger partial charge in [-0.1, -0.05) is 0 Å². The van der Waals surface area contributed by atoms with Crippen LogP contribution in [0.2, 0.25) is 0 Å². The molecule has 4 aliphatic rings. The Morgan fingerprint density at radius 1 is 1.18 bits per heavy atom. The lowest BCUT2D eigenvalue weighted by Crippen LogP contribution is -2.33. The van der Waals surface area contributed by atoms with Gasteiger partial charge in [-0.3, -0.25) is 29.0 Å². The van der Waals surface area contributed by atoms with Gasteiger partial charge in [0.1, 0.15) is 24.3 Å². The lowest BCUT2D eigenvalue weighted by molar-refractivity contribution is -0.138. The summed E-state index contributed by atoms with van der Waals surface area (Å²) in [6, 6.07) is 3.19. The minimum atomic E-state index is -0.536. The molecular formula is C28H31FN6O9. The number of halogens is 1. The van der Waals surface area contributed by atoms with Gasteiger partial charge in [0.2, 0.25) is 11.8 Å². The van der Waals surface area contributed by atoms with E-state index in [0.29, 0.717) is 50.2 Å². The molecule has 0 radical (unpaired) electrons. The molecule has 44 heavy (non-hydrogen) atoms. The van der Waals surface area contributed by atoms with Gasteiger partial charge in [-0.2, -0.15) is 0 Å². The van der Waals surface area contributed by atoms with Crippen LogP contribution in [-0.4, -0.2) is 95.8 Å². The lowest BCUT2D eigenvalue weighted by atomic mass is 10.1. The van der Waals surface area contributed by atoms with Gasteiger partial charge in [0.15, 0.2) is 18.2 Å². The SMILES string of the molecule is O=C1COc2ncc(N3CC(CCNCC4Cc5cc(OCCN6C(=O)CCC6=O)cc(F)c5C4)OC3=O)nc2N1.O=CO. The van der Waals surface area contributed by atoms with E-state index in [1.54, 1.807) is 0 Å². The molecule has 234 valence electrons. The number of nitrogens with zero attached hydrogens (tertiary/aromatic N) is 4. The van der Waals surface area contributed by atoms with Crippen LogP contribution in [0.3, 0.4) is 0 Å². The quantitative estimate of drug-likeness (QED) is 0.195. The summed E-state index contributed by atoms with van der Waals surface area (Å²) < 4.78 is 31.1. The van der Waals surface area contributed by atoms with E-state index in [2.05, 4.69) is 20.6 Å². The van der Waals surface area contributed by atoms with E-state index < -0.39 is 6.09 Å². The van der Waals surface area contributed by atoms with E-state index in [9.17, 15) is 23.6 Å². The molecular weight excluding hydrogens is 583 g/mol. The van der Waals surface area contributed by atoms with E-state index in [1.807, 2.05) is 6.07 Å². The third-order valence-corrected chi connectivity index (χ3v) is 7.55. The summed E-state index contributed by atoms with van der Waals surface area (Å²) >= 11 is 0. The Morgan fingerprint density at radius 3 is 2.73 bits per heavy atom. The van der Waals surface area contributed by atoms with Crippen molar-refractivity contribution in [1.82, 2.24) is 20.2 Å². The van der Waals surface area contributed by atoms with Crippen LogP contribution in [0.1, 0.15) is 30.4 Å². The normalized spacial score (nSPS) is 20.3. The van der Waals surface area contributed by atoms with E-state index >= 15 is 0 Å². The minimum Gasteiger partial charge on any atom is -0.492 e. The van der Waals surface area contributed by atoms with Gasteiger partial charge in [-0.05, 0) is 55.5 Å². The number of benzene rings is 1. The van der Waals surface area contributed by atoms with Gasteiger partial charge >= 0.3 is 6.09 Å². The fourth-order valence-electron chi connectivity index (χ4n) is 5.52. The van der Waals surface area contributed by atoms with Crippen LogP contribution in [-0.2, 0) is 36.8 Å². The number of carbonyl (C=O) groups is 5. The number of cyclic esters (lactones) is 1. The highest BCUT2D eigenvalue weighted by molar-refractivity contribution is 6.01. The summed E-state index contributed by atoms with van der Waals surface area (Å²) in [5, 5.41) is 12.8. The second-order valence-electron chi connectivity index (χ2n) is 10.5. The first-order chi connectivity index (χ1) is 21.2. The molecule has 1 aliphatic carbocycles. The Balaban J connectivity index is 0.00000123. The first-order valence-corrected chi connectivity index (χ1v) is 14.1. The molecule has 1 aromatic heterocycles. The van der Waals surface area contributed by atoms with Crippen molar-refractivity contribution in [2.75, 3.05) is 49.6 Å². The van der Waals surface area contributed by atoms with Crippen molar-refractivity contribution in [1.29, 1.82) is 0 Å². The monoisotopic (exact) mass is 614 g/mol. The second kappa shape index (κ2) is 13.6. The number of hydrogen-bond acceptors (Lipinski definition) is 11. The summed E-state index contributed by atoms with van der Waals surface area (Å²) in [6.45, 7) is 1.46. The number of amides is 4. The van der Waals surface area contributed by atoms with Crippen LogP contribution in [0.25, 0.3) is 0 Å². The fourth-order valence-corrected chi connectivity index (χ4v) is 5.52. The number of carbonyl (C=O) groups excluding carboxylic acids is 4. The van der Waals surface area contributed by atoms with Gasteiger partial charge < -0.3 is 30.0 Å². The Morgan fingerprint density at radius 2 is 1.95 bits per heavy atom. The van der Waals surface area contributed by atoms with Crippen molar-refractivity contribution in [2.45, 2.75) is 38.2 Å². The van der Waals surface area contributed by atoms with E-state index in [-0.39, 0.29) is 92.1 Å². The predicted molar refractivity (Wildman–Crippen MR) is 149 cm³/mol. The zero-order chi connectivity index (χ0) is 31.2. The van der Waals surface area contributed by atoms with Gasteiger partial charge in [0.25, 0.3) is 18.3 Å². The Kier molecular flexibility index (Phi) is 9.47. The highest BCUT2D eigenvalue weighted by Gasteiger charge is 2.34. The third-order valence-electron chi connectivity index (χ3n) is 7.55. The molecule has 2 unspecified atom stereocenters. The molecule has 3 N–H and O–H groups in total. The summed E-state index contributed by atoms with van der Waals surface area (Å²) in [5.74, 6) is 0.169. The summed E-state index contributed by atoms with van der Waals surface area (Å²) in [4.78, 5) is 66.8. The van der Waals surface area contributed by atoms with E-state index in [4.69, 9.17) is 24.1 Å². The van der Waals surface area contributed by atoms with Gasteiger partial charge in [-0.15, -0.1) is 0 Å². The molecule has 15 nitrogen and oxygen atoms in total. The van der Waals surface area contributed by atoms with Crippen molar-refractivity contribution < 1.29 is 47.7 Å². The molecule has 2 atom stereocenters. The molecule has 1 aromatic carbocycles. The van der Waals surface area contributed by atoms with Crippen molar-refractivity contribution in [3.05, 3.63) is 35.3 Å². The standard InChI is InChI=1S/C27H29FN6O7.CH2O2/c28-20-10-18(39-6-5-33-23(36)1-2-24(33)37)9-16-7-15(8-19(16)20)11-29-4-3-17-13-34(27(38)41-17)21-12-30-26-25(31-21)32-22(35)14-40-26;2-1-3/h9-10,12,15,17,29H,1-8,11,13-14H2,(H,31,32,35);1H,(H,2,3). The minimum absolute atomic E-state index is 0.119. The molecule has 3 aliphatic heterocycles. The zero-order valence-electron chi connectivity index (χ0n) is 23.6. The summed E-state index contributed by atoms with van der Waals surface area (Å²) in [6.07, 6.45) is 2.87. The number of fused-ring (bicyclic) bond motifs is 2. The van der Waals surface area contributed by atoms with Crippen LogP contribution < -0.4 is 25.0 Å². The van der Waals surface area contributed by atoms with E-state index in [1.165, 1.54) is 22.1 Å². The lowest BCUT2D eigenvalue weighted by Gasteiger charge is -2.18. The number of likely N-dealkylation sites (tertiary alicyclic amines) is 1. The maximum absolute atomic E-state index is 14.8. The van der Waals surface area contributed by atoms with Crippen molar-refractivity contribution in [3.63, 3.8) is 0 Å². The molecule has 2 aromatic rings. The van der Waals surface area contributed by atoms with Gasteiger partial charge in [0, 0.05) is 18.9 Å². The van der Waals surface area contributed by atoms with Crippen LogP contribution in [0.5, 0.6) is 11.6 Å². The zero-order valence-corrected chi connectivity index (χ0v) is 23.6. The van der Waals surface area contributed by atoms with Crippen molar-refractivity contribution in [3.8, 4) is 11.6 Å². The maximum Gasteiger partial charge on any atom is 0.415 e. The molecule has 0 spiro atoms. The number of anilines is 2. The van der Waals surface area contributed by atoms with Crippen LogP contribution in [0.15, 0.2) is 18.3 Å². The molecule has 2 fully saturated rings. The van der Waals surface area contributed by atoms with Crippen LogP contribution in [0, 0.1) is 11.7 Å².